The molecule has 2 rings (SSSR count). The first-order valence-corrected chi connectivity index (χ1v) is 3.22. The van der Waals surface area contributed by atoms with Crippen molar-refractivity contribution in [1.82, 2.24) is 30.8 Å². The SMILES string of the molecule is c1cc(Nc2cn[nH]n2)nnn1. The number of nitrogens with zero attached hydrogens (tertiary/aromatic N) is 5. The first-order chi connectivity index (χ1) is 5.95. The van der Waals surface area contributed by atoms with Gasteiger partial charge in [0.1, 0.15) is 0 Å². The van der Waals surface area contributed by atoms with Crippen LogP contribution in [0.4, 0.5) is 11.6 Å². The van der Waals surface area contributed by atoms with Crippen molar-refractivity contribution in [3.63, 3.8) is 0 Å². The smallest absolute Gasteiger partial charge is 0.173 e. The van der Waals surface area contributed by atoms with Gasteiger partial charge in [0.05, 0.1) is 12.4 Å². The van der Waals surface area contributed by atoms with Crippen LogP contribution in [0.1, 0.15) is 0 Å². The van der Waals surface area contributed by atoms with Crippen LogP contribution in [-0.4, -0.2) is 30.8 Å². The van der Waals surface area contributed by atoms with Crippen molar-refractivity contribution >= 4 is 11.6 Å². The van der Waals surface area contributed by atoms with E-state index in [2.05, 4.69) is 36.1 Å². The fourth-order valence-corrected chi connectivity index (χ4v) is 0.701. The Morgan fingerprint density at radius 2 is 2.33 bits per heavy atom. The molecule has 0 atom stereocenters. The Morgan fingerprint density at radius 3 is 3.00 bits per heavy atom. The van der Waals surface area contributed by atoms with Gasteiger partial charge in [-0.15, -0.1) is 15.3 Å². The summed E-state index contributed by atoms with van der Waals surface area (Å²) in [6.45, 7) is 0. The summed E-state index contributed by atoms with van der Waals surface area (Å²) in [5.41, 5.74) is 0. The van der Waals surface area contributed by atoms with Crippen LogP contribution < -0.4 is 5.32 Å². The number of hydrogen-bond acceptors (Lipinski definition) is 6. The molecule has 0 saturated carbocycles. The third-order valence-electron chi connectivity index (χ3n) is 1.17. The molecule has 60 valence electrons. The van der Waals surface area contributed by atoms with E-state index in [9.17, 15) is 0 Å². The van der Waals surface area contributed by atoms with Gasteiger partial charge in [0.15, 0.2) is 11.6 Å². The average molecular weight is 163 g/mol. The number of anilines is 2. The quantitative estimate of drug-likeness (QED) is 0.633. The molecule has 0 aliphatic rings. The van der Waals surface area contributed by atoms with Crippen molar-refractivity contribution in [2.75, 3.05) is 5.32 Å². The van der Waals surface area contributed by atoms with E-state index in [1.807, 2.05) is 0 Å². The van der Waals surface area contributed by atoms with Crippen LogP contribution in [0.5, 0.6) is 0 Å². The number of rotatable bonds is 2. The molecule has 0 radical (unpaired) electrons. The normalized spacial score (nSPS) is 9.67. The van der Waals surface area contributed by atoms with Gasteiger partial charge in [0.25, 0.3) is 0 Å². The van der Waals surface area contributed by atoms with Crippen LogP contribution in [-0.2, 0) is 0 Å². The minimum atomic E-state index is 0.582. The number of aromatic amines is 1. The van der Waals surface area contributed by atoms with Crippen molar-refractivity contribution in [2.24, 2.45) is 0 Å². The second kappa shape index (κ2) is 2.91. The summed E-state index contributed by atoms with van der Waals surface area (Å²) < 4.78 is 0. The summed E-state index contributed by atoms with van der Waals surface area (Å²) in [7, 11) is 0. The number of nitrogens with one attached hydrogen (secondary N) is 2. The summed E-state index contributed by atoms with van der Waals surface area (Å²) in [4.78, 5) is 0. The van der Waals surface area contributed by atoms with Crippen LogP contribution in [0.15, 0.2) is 18.5 Å². The highest BCUT2D eigenvalue weighted by atomic mass is 15.4. The van der Waals surface area contributed by atoms with E-state index in [0.717, 1.165) is 0 Å². The molecule has 0 bridgehead atoms. The zero-order valence-corrected chi connectivity index (χ0v) is 5.97. The van der Waals surface area contributed by atoms with Crippen LogP contribution in [0.3, 0.4) is 0 Å². The lowest BCUT2D eigenvalue weighted by molar-refractivity contribution is 0.869. The Morgan fingerprint density at radius 1 is 1.33 bits per heavy atom. The highest BCUT2D eigenvalue weighted by molar-refractivity contribution is 5.47. The average Bonchev–Trinajstić information content (AvgIpc) is 2.59. The number of hydrogen-bond donors (Lipinski definition) is 2. The van der Waals surface area contributed by atoms with Crippen LogP contribution >= 0.6 is 0 Å². The lowest BCUT2D eigenvalue weighted by Crippen LogP contribution is -1.95. The van der Waals surface area contributed by atoms with E-state index in [1.54, 1.807) is 12.3 Å². The van der Waals surface area contributed by atoms with Crippen molar-refractivity contribution in [2.45, 2.75) is 0 Å². The van der Waals surface area contributed by atoms with Gasteiger partial charge in [-0.3, -0.25) is 0 Å². The first kappa shape index (κ1) is 6.65. The third kappa shape index (κ3) is 1.34. The molecule has 2 heterocycles. The second-order valence-corrected chi connectivity index (χ2v) is 1.99. The summed E-state index contributed by atoms with van der Waals surface area (Å²) in [6.07, 6.45) is 3.08. The minimum absolute atomic E-state index is 0.582. The van der Waals surface area contributed by atoms with E-state index in [1.165, 1.54) is 6.20 Å². The second-order valence-electron chi connectivity index (χ2n) is 1.99. The fourth-order valence-electron chi connectivity index (χ4n) is 0.701. The highest BCUT2D eigenvalue weighted by Crippen LogP contribution is 2.05. The van der Waals surface area contributed by atoms with Gasteiger partial charge in [0, 0.05) is 6.07 Å². The maximum absolute atomic E-state index is 3.78. The van der Waals surface area contributed by atoms with Crippen molar-refractivity contribution in [3.8, 4) is 0 Å². The maximum Gasteiger partial charge on any atom is 0.173 e. The molecule has 0 fully saturated rings. The standard InChI is InChI=1S/C5H5N7/c1-2-6-11-9-4(1)8-5-3-7-12-10-5/h1-3H,(H2,6,7,8,9,10,12). The molecular formula is C5H5N7. The van der Waals surface area contributed by atoms with E-state index < -0.39 is 0 Å². The zero-order chi connectivity index (χ0) is 8.23. The van der Waals surface area contributed by atoms with Crippen LogP contribution in [0.2, 0.25) is 0 Å². The predicted molar refractivity (Wildman–Crippen MR) is 39.5 cm³/mol. The molecule has 7 nitrogen and oxygen atoms in total. The van der Waals surface area contributed by atoms with Gasteiger partial charge in [-0.1, -0.05) is 0 Å². The lowest BCUT2D eigenvalue weighted by Gasteiger charge is -1.96. The molecular weight excluding hydrogens is 158 g/mol. The van der Waals surface area contributed by atoms with Gasteiger partial charge in [-0.2, -0.15) is 10.3 Å². The third-order valence-corrected chi connectivity index (χ3v) is 1.17. The zero-order valence-electron chi connectivity index (χ0n) is 5.97. The minimum Gasteiger partial charge on any atom is -0.321 e. The van der Waals surface area contributed by atoms with E-state index in [4.69, 9.17) is 0 Å². The maximum atomic E-state index is 3.78. The van der Waals surface area contributed by atoms with Crippen molar-refractivity contribution in [1.29, 1.82) is 0 Å². The molecule has 0 aromatic carbocycles. The van der Waals surface area contributed by atoms with Gasteiger partial charge in [-0.25, -0.2) is 0 Å². The van der Waals surface area contributed by atoms with E-state index >= 15 is 0 Å². The van der Waals surface area contributed by atoms with E-state index in [0.29, 0.717) is 11.6 Å². The largest absolute Gasteiger partial charge is 0.321 e. The molecule has 2 aromatic heterocycles. The Bertz CT molecular complexity index is 328. The summed E-state index contributed by atoms with van der Waals surface area (Å²) in [6, 6.07) is 1.68. The molecule has 0 unspecified atom stereocenters. The number of H-pyrrole nitrogens is 1. The van der Waals surface area contributed by atoms with Gasteiger partial charge in [-0.05, 0) is 5.21 Å². The molecule has 7 heteroatoms. The van der Waals surface area contributed by atoms with Crippen molar-refractivity contribution < 1.29 is 0 Å². The summed E-state index contributed by atoms with van der Waals surface area (Å²) >= 11 is 0. The molecule has 0 aliphatic heterocycles. The molecule has 0 spiro atoms. The molecule has 0 amide bonds. The monoisotopic (exact) mass is 163 g/mol. The Kier molecular flexibility index (Phi) is 1.61. The summed E-state index contributed by atoms with van der Waals surface area (Å²) in [5, 5.41) is 23.4. The number of aromatic nitrogens is 6. The molecule has 2 aromatic rings. The van der Waals surface area contributed by atoms with Gasteiger partial charge in [0.2, 0.25) is 0 Å². The molecule has 2 N–H and O–H groups in total. The lowest BCUT2D eigenvalue weighted by atomic mass is 10.6. The van der Waals surface area contributed by atoms with Gasteiger partial charge < -0.3 is 5.32 Å². The van der Waals surface area contributed by atoms with Gasteiger partial charge >= 0.3 is 0 Å². The van der Waals surface area contributed by atoms with Crippen LogP contribution in [0, 0.1) is 0 Å². The molecule has 0 aliphatic carbocycles. The predicted octanol–water partition coefficient (Wildman–Crippen LogP) is -0.267. The topological polar surface area (TPSA) is 92.3 Å². The molecule has 12 heavy (non-hydrogen) atoms. The Labute approximate surface area is 67.2 Å². The van der Waals surface area contributed by atoms with E-state index in [-0.39, 0.29) is 0 Å². The Hall–Kier alpha value is -2.05. The summed E-state index contributed by atoms with van der Waals surface area (Å²) in [5.74, 6) is 1.18. The van der Waals surface area contributed by atoms with Crippen molar-refractivity contribution in [3.05, 3.63) is 18.5 Å². The highest BCUT2D eigenvalue weighted by Gasteiger charge is 1.96. The molecule has 0 saturated heterocycles. The Balaban J connectivity index is 2.15. The first-order valence-electron chi connectivity index (χ1n) is 3.22. The fraction of sp³-hybridized carbons (Fsp3) is 0. The van der Waals surface area contributed by atoms with Crippen LogP contribution in [0.25, 0.3) is 0 Å².